The first kappa shape index (κ1) is 19.6. The third kappa shape index (κ3) is 4.22. The molecule has 0 bridgehead atoms. The predicted octanol–water partition coefficient (Wildman–Crippen LogP) is 6.68. The van der Waals surface area contributed by atoms with Crippen LogP contribution in [0.5, 0.6) is 11.5 Å². The van der Waals surface area contributed by atoms with Gasteiger partial charge in [-0.25, -0.2) is 9.37 Å². The minimum absolute atomic E-state index is 0.325. The number of ether oxygens (including phenoxy) is 1. The normalized spacial score (nSPS) is 10.8. The van der Waals surface area contributed by atoms with Crippen molar-refractivity contribution in [2.24, 2.45) is 0 Å². The van der Waals surface area contributed by atoms with E-state index in [0.717, 1.165) is 28.4 Å². The zero-order chi connectivity index (χ0) is 21.9. The maximum Gasteiger partial charge on any atom is 0.229 e. The zero-order valence-corrected chi connectivity index (χ0v) is 17.3. The van der Waals surface area contributed by atoms with Gasteiger partial charge in [0.25, 0.3) is 0 Å². The van der Waals surface area contributed by atoms with Gasteiger partial charge in [-0.3, -0.25) is 0 Å². The van der Waals surface area contributed by atoms with E-state index in [4.69, 9.17) is 4.74 Å². The van der Waals surface area contributed by atoms with Crippen LogP contribution < -0.4 is 15.4 Å². The van der Waals surface area contributed by atoms with Crippen LogP contribution in [-0.4, -0.2) is 15.0 Å². The first-order chi connectivity index (χ1) is 15.6. The summed E-state index contributed by atoms with van der Waals surface area (Å²) in [4.78, 5) is 11.8. The Bertz CT molecular complexity index is 1370. The Balaban J connectivity index is 1.30. The summed E-state index contributed by atoms with van der Waals surface area (Å²) in [5.74, 6) is 2.05. The molecule has 3 N–H and O–H groups in total. The van der Waals surface area contributed by atoms with Gasteiger partial charge in [-0.15, -0.1) is 0 Å². The molecule has 0 unspecified atom stereocenters. The molecule has 0 atom stereocenters. The number of hydrogen-bond acceptors (Lipinski definition) is 5. The Morgan fingerprint density at radius 3 is 2.47 bits per heavy atom. The van der Waals surface area contributed by atoms with Gasteiger partial charge < -0.3 is 20.4 Å². The quantitative estimate of drug-likeness (QED) is 0.283. The molecule has 2 aromatic heterocycles. The van der Waals surface area contributed by atoms with E-state index in [1.165, 1.54) is 0 Å². The van der Waals surface area contributed by atoms with E-state index in [0.29, 0.717) is 22.8 Å². The molecule has 0 spiro atoms. The molecule has 5 rings (SSSR count). The molecule has 0 saturated heterocycles. The van der Waals surface area contributed by atoms with Crippen molar-refractivity contribution in [1.82, 2.24) is 15.0 Å². The van der Waals surface area contributed by atoms with Gasteiger partial charge in [0.05, 0.1) is 5.69 Å². The fourth-order valence-corrected chi connectivity index (χ4v) is 3.39. The molecular formula is C25H20FN5O. The Kier molecular flexibility index (Phi) is 5.13. The van der Waals surface area contributed by atoms with Crippen molar-refractivity contribution in [3.8, 4) is 11.5 Å². The monoisotopic (exact) mass is 425 g/mol. The lowest BCUT2D eigenvalue weighted by Crippen LogP contribution is -2.01. The van der Waals surface area contributed by atoms with Crippen LogP contribution in [-0.2, 0) is 0 Å². The zero-order valence-electron chi connectivity index (χ0n) is 17.3. The number of anilines is 4. The topological polar surface area (TPSA) is 74.9 Å². The molecule has 0 aliphatic rings. The van der Waals surface area contributed by atoms with Gasteiger partial charge in [-0.05, 0) is 67.6 Å². The third-order valence-corrected chi connectivity index (χ3v) is 4.88. The van der Waals surface area contributed by atoms with E-state index >= 15 is 0 Å². The van der Waals surface area contributed by atoms with Gasteiger partial charge >= 0.3 is 0 Å². The van der Waals surface area contributed by atoms with Gasteiger partial charge in [0.15, 0.2) is 5.82 Å². The van der Waals surface area contributed by atoms with E-state index in [9.17, 15) is 4.39 Å². The van der Waals surface area contributed by atoms with Gasteiger partial charge in [0, 0.05) is 28.5 Å². The van der Waals surface area contributed by atoms with Gasteiger partial charge in [-0.1, -0.05) is 18.2 Å². The summed E-state index contributed by atoms with van der Waals surface area (Å²) in [5.41, 5.74) is 2.82. The molecule has 158 valence electrons. The molecule has 6 nitrogen and oxygen atoms in total. The smallest absolute Gasteiger partial charge is 0.229 e. The van der Waals surface area contributed by atoms with Gasteiger partial charge in [-0.2, -0.15) is 4.98 Å². The molecular weight excluding hydrogens is 405 g/mol. The number of nitrogens with zero attached hydrogens (tertiary/aromatic N) is 2. The van der Waals surface area contributed by atoms with Crippen molar-refractivity contribution >= 4 is 34.0 Å². The molecule has 32 heavy (non-hydrogen) atoms. The summed E-state index contributed by atoms with van der Waals surface area (Å²) in [5, 5.41) is 6.73. The lowest BCUT2D eigenvalue weighted by atomic mass is 10.2. The second kappa shape index (κ2) is 8.39. The first-order valence-electron chi connectivity index (χ1n) is 10.1. The Labute approximate surface area is 184 Å². The van der Waals surface area contributed by atoms with Crippen molar-refractivity contribution in [2.75, 3.05) is 10.6 Å². The molecule has 0 fully saturated rings. The molecule has 2 heterocycles. The molecule has 3 aromatic carbocycles. The van der Waals surface area contributed by atoms with Crippen LogP contribution in [0.2, 0.25) is 0 Å². The number of para-hydroxylation sites is 1. The second-order valence-electron chi connectivity index (χ2n) is 7.30. The standard InChI is InChI=1S/C25H20FN5O/c1-16-15-20-21(28-16)11-12-22(24(20)26)30-23-13-14-27-25(31-23)29-17-7-9-19(10-8-17)32-18-5-3-2-4-6-18/h2-15,28H,1H3,(H2,27,29,30,31). The fraction of sp³-hybridized carbons (Fsp3) is 0.0400. The third-order valence-electron chi connectivity index (χ3n) is 4.88. The van der Waals surface area contributed by atoms with Crippen molar-refractivity contribution in [2.45, 2.75) is 6.92 Å². The maximum atomic E-state index is 14.9. The summed E-state index contributed by atoms with van der Waals surface area (Å²) < 4.78 is 20.7. The minimum Gasteiger partial charge on any atom is -0.457 e. The average molecular weight is 425 g/mol. The van der Waals surface area contributed by atoms with E-state index in [2.05, 4.69) is 25.6 Å². The summed E-state index contributed by atoms with van der Waals surface area (Å²) in [6.45, 7) is 1.90. The predicted molar refractivity (Wildman–Crippen MR) is 125 cm³/mol. The Hall–Kier alpha value is -4.39. The summed E-state index contributed by atoms with van der Waals surface area (Å²) in [6, 6.07) is 24.1. The molecule has 7 heteroatoms. The number of halogens is 1. The number of aromatic nitrogens is 3. The van der Waals surface area contributed by atoms with Crippen molar-refractivity contribution in [3.05, 3.63) is 96.6 Å². The van der Waals surface area contributed by atoms with Crippen LogP contribution in [0.1, 0.15) is 5.69 Å². The van der Waals surface area contributed by atoms with Gasteiger partial charge in [0.2, 0.25) is 5.95 Å². The number of aromatic amines is 1. The number of aryl methyl sites for hydroxylation is 1. The Morgan fingerprint density at radius 1 is 0.875 bits per heavy atom. The van der Waals surface area contributed by atoms with Crippen molar-refractivity contribution in [3.63, 3.8) is 0 Å². The highest BCUT2D eigenvalue weighted by molar-refractivity contribution is 5.85. The first-order valence-corrected chi connectivity index (χ1v) is 10.1. The molecule has 0 aliphatic carbocycles. The van der Waals surface area contributed by atoms with Crippen LogP contribution in [0.4, 0.5) is 27.5 Å². The van der Waals surface area contributed by atoms with Crippen LogP contribution in [0.3, 0.4) is 0 Å². The molecule has 5 aromatic rings. The Morgan fingerprint density at radius 2 is 1.66 bits per heavy atom. The van der Waals surface area contributed by atoms with E-state index in [1.807, 2.05) is 67.6 Å². The van der Waals surface area contributed by atoms with Crippen molar-refractivity contribution in [1.29, 1.82) is 0 Å². The van der Waals surface area contributed by atoms with E-state index in [1.54, 1.807) is 24.4 Å². The van der Waals surface area contributed by atoms with Gasteiger partial charge in [0.1, 0.15) is 17.3 Å². The molecule has 0 aliphatic heterocycles. The molecule has 0 saturated carbocycles. The largest absolute Gasteiger partial charge is 0.457 e. The highest BCUT2D eigenvalue weighted by Crippen LogP contribution is 2.28. The molecule has 0 amide bonds. The number of hydrogen-bond donors (Lipinski definition) is 3. The maximum absolute atomic E-state index is 14.9. The van der Waals surface area contributed by atoms with Crippen LogP contribution in [0.15, 0.2) is 85.1 Å². The second-order valence-corrected chi connectivity index (χ2v) is 7.30. The van der Waals surface area contributed by atoms with Crippen LogP contribution >= 0.6 is 0 Å². The molecule has 0 radical (unpaired) electrons. The highest BCUT2D eigenvalue weighted by Gasteiger charge is 2.10. The summed E-state index contributed by atoms with van der Waals surface area (Å²) >= 11 is 0. The lowest BCUT2D eigenvalue weighted by molar-refractivity contribution is 0.483. The minimum atomic E-state index is -0.325. The summed E-state index contributed by atoms with van der Waals surface area (Å²) in [7, 11) is 0. The lowest BCUT2D eigenvalue weighted by Gasteiger charge is -2.10. The number of nitrogens with one attached hydrogen (secondary N) is 3. The number of benzene rings is 3. The fourth-order valence-electron chi connectivity index (χ4n) is 3.39. The van der Waals surface area contributed by atoms with Crippen LogP contribution in [0.25, 0.3) is 10.9 Å². The van der Waals surface area contributed by atoms with Crippen LogP contribution in [0, 0.1) is 12.7 Å². The van der Waals surface area contributed by atoms with E-state index < -0.39 is 0 Å². The highest BCUT2D eigenvalue weighted by atomic mass is 19.1. The van der Waals surface area contributed by atoms with Crippen molar-refractivity contribution < 1.29 is 9.13 Å². The SMILES string of the molecule is Cc1cc2c(F)c(Nc3ccnc(Nc4ccc(Oc5ccccc5)cc4)n3)ccc2[nH]1. The number of fused-ring (bicyclic) bond motifs is 1. The average Bonchev–Trinajstić information content (AvgIpc) is 3.19. The summed E-state index contributed by atoms with van der Waals surface area (Å²) in [6.07, 6.45) is 1.61. The number of rotatable bonds is 6. The number of H-pyrrole nitrogens is 1. The van der Waals surface area contributed by atoms with E-state index in [-0.39, 0.29) is 5.82 Å².